The highest BCUT2D eigenvalue weighted by atomic mass is 32.2. The van der Waals surface area contributed by atoms with E-state index in [1.165, 1.54) is 6.20 Å². The summed E-state index contributed by atoms with van der Waals surface area (Å²) in [6.07, 6.45) is 5.90. The largest absolute Gasteiger partial charge is 0.320 e. The number of aryl methyl sites for hydroxylation is 1. The summed E-state index contributed by atoms with van der Waals surface area (Å²) in [5, 5.41) is 7.19. The van der Waals surface area contributed by atoms with Crippen LogP contribution >= 0.6 is 0 Å². The lowest BCUT2D eigenvalue weighted by atomic mass is 10.3. The summed E-state index contributed by atoms with van der Waals surface area (Å²) in [4.78, 5) is 0.311. The molecule has 0 aromatic carbocycles. The molecule has 2 heterocycles. The zero-order valence-corrected chi connectivity index (χ0v) is 12.4. The van der Waals surface area contributed by atoms with E-state index in [0.717, 1.165) is 32.4 Å². The Bertz CT molecular complexity index is 512. The van der Waals surface area contributed by atoms with E-state index in [2.05, 4.69) is 10.4 Å². The van der Waals surface area contributed by atoms with E-state index in [1.807, 2.05) is 14.0 Å². The van der Waals surface area contributed by atoms with Crippen LogP contribution in [0.4, 0.5) is 0 Å². The molecule has 108 valence electrons. The van der Waals surface area contributed by atoms with Crippen LogP contribution in [0.3, 0.4) is 0 Å². The van der Waals surface area contributed by atoms with Crippen LogP contribution in [-0.4, -0.2) is 48.7 Å². The maximum atomic E-state index is 12.4. The van der Waals surface area contributed by atoms with Crippen molar-refractivity contribution in [2.45, 2.75) is 43.7 Å². The highest BCUT2D eigenvalue weighted by Crippen LogP contribution is 2.25. The summed E-state index contributed by atoms with van der Waals surface area (Å²) < 4.78 is 28.2. The third-order valence-corrected chi connectivity index (χ3v) is 5.49. The second kappa shape index (κ2) is 6.02. The van der Waals surface area contributed by atoms with Gasteiger partial charge in [0.05, 0.1) is 6.20 Å². The van der Waals surface area contributed by atoms with Crippen LogP contribution in [0, 0.1) is 0 Å². The van der Waals surface area contributed by atoms with Gasteiger partial charge in [0.25, 0.3) is 0 Å². The Labute approximate surface area is 114 Å². The van der Waals surface area contributed by atoms with Gasteiger partial charge in [0.1, 0.15) is 4.90 Å². The lowest BCUT2D eigenvalue weighted by Gasteiger charge is -2.19. The fourth-order valence-electron chi connectivity index (χ4n) is 2.42. The van der Waals surface area contributed by atoms with Crippen molar-refractivity contribution >= 4 is 10.0 Å². The maximum Gasteiger partial charge on any atom is 0.246 e. The highest BCUT2D eigenvalue weighted by molar-refractivity contribution is 7.89. The molecule has 0 radical (unpaired) electrons. The molecule has 0 bridgehead atoms. The van der Waals surface area contributed by atoms with Crippen LogP contribution in [0.5, 0.6) is 0 Å². The highest BCUT2D eigenvalue weighted by Gasteiger charge is 2.33. The van der Waals surface area contributed by atoms with Gasteiger partial charge in [-0.05, 0) is 39.8 Å². The van der Waals surface area contributed by atoms with Gasteiger partial charge in [-0.2, -0.15) is 9.40 Å². The lowest BCUT2D eigenvalue weighted by molar-refractivity contribution is 0.408. The Morgan fingerprint density at radius 3 is 2.95 bits per heavy atom. The molecule has 7 heteroatoms. The van der Waals surface area contributed by atoms with E-state index in [-0.39, 0.29) is 6.04 Å². The summed E-state index contributed by atoms with van der Waals surface area (Å²) in [5.41, 5.74) is 0. The van der Waals surface area contributed by atoms with Gasteiger partial charge in [-0.1, -0.05) is 0 Å². The maximum absolute atomic E-state index is 12.4. The standard InChI is InChI=1S/C12H22N4O2S/c1-11-5-3-8-16(11)19(17,18)12-9-14-15(10-12)7-4-6-13-2/h9-11,13H,3-8H2,1-2H3. The van der Waals surface area contributed by atoms with Crippen LogP contribution in [0.15, 0.2) is 17.3 Å². The Morgan fingerprint density at radius 2 is 2.32 bits per heavy atom. The normalized spacial score (nSPS) is 21.1. The number of hydrogen-bond acceptors (Lipinski definition) is 4. The number of nitrogens with one attached hydrogen (secondary N) is 1. The van der Waals surface area contributed by atoms with Gasteiger partial charge < -0.3 is 5.32 Å². The Kier molecular flexibility index (Phi) is 4.59. The molecule has 0 aliphatic carbocycles. The summed E-state index contributed by atoms with van der Waals surface area (Å²) >= 11 is 0. The van der Waals surface area contributed by atoms with Crippen molar-refractivity contribution in [2.24, 2.45) is 0 Å². The van der Waals surface area contributed by atoms with Crippen molar-refractivity contribution in [3.8, 4) is 0 Å². The third-order valence-electron chi connectivity index (χ3n) is 3.52. The Balaban J connectivity index is 2.08. The van der Waals surface area contributed by atoms with Gasteiger partial charge in [-0.25, -0.2) is 8.42 Å². The summed E-state index contributed by atoms with van der Waals surface area (Å²) in [7, 11) is -1.47. The van der Waals surface area contributed by atoms with E-state index in [0.29, 0.717) is 11.4 Å². The third kappa shape index (κ3) is 3.16. The minimum absolute atomic E-state index is 0.0950. The summed E-state index contributed by atoms with van der Waals surface area (Å²) in [6.45, 7) is 4.20. The number of aromatic nitrogens is 2. The minimum Gasteiger partial charge on any atom is -0.320 e. The Hall–Kier alpha value is -0.920. The van der Waals surface area contributed by atoms with Gasteiger partial charge in [0.15, 0.2) is 0 Å². The van der Waals surface area contributed by atoms with Gasteiger partial charge in [0.2, 0.25) is 10.0 Å². The lowest BCUT2D eigenvalue weighted by Crippen LogP contribution is -2.33. The average Bonchev–Trinajstić information content (AvgIpc) is 2.98. The quantitative estimate of drug-likeness (QED) is 0.780. The molecule has 0 spiro atoms. The number of rotatable bonds is 6. The number of sulfonamides is 1. The van der Waals surface area contributed by atoms with Gasteiger partial charge in [-0.15, -0.1) is 0 Å². The van der Waals surface area contributed by atoms with Crippen LogP contribution < -0.4 is 5.32 Å². The van der Waals surface area contributed by atoms with Crippen LogP contribution in [0.2, 0.25) is 0 Å². The second-order valence-corrected chi connectivity index (χ2v) is 6.89. The molecule has 1 saturated heterocycles. The molecule has 6 nitrogen and oxygen atoms in total. The summed E-state index contributed by atoms with van der Waals surface area (Å²) in [5.74, 6) is 0. The van der Waals surface area contributed by atoms with Crippen molar-refractivity contribution in [1.82, 2.24) is 19.4 Å². The molecule has 1 fully saturated rings. The second-order valence-electron chi connectivity index (χ2n) is 5.00. The van der Waals surface area contributed by atoms with Crippen molar-refractivity contribution < 1.29 is 8.42 Å². The van der Waals surface area contributed by atoms with Crippen molar-refractivity contribution in [1.29, 1.82) is 0 Å². The minimum atomic E-state index is -3.36. The molecule has 1 N–H and O–H groups in total. The monoisotopic (exact) mass is 286 g/mol. The molecular formula is C12H22N4O2S. The van der Waals surface area contributed by atoms with Crippen molar-refractivity contribution in [3.05, 3.63) is 12.4 Å². The molecule has 1 aliphatic heterocycles. The average molecular weight is 286 g/mol. The predicted octanol–water partition coefficient (Wildman–Crippen LogP) is 0.666. The van der Waals surface area contributed by atoms with Crippen LogP contribution in [-0.2, 0) is 16.6 Å². The molecule has 2 rings (SSSR count). The molecular weight excluding hydrogens is 264 g/mol. The number of nitrogens with zero attached hydrogens (tertiary/aromatic N) is 3. The Morgan fingerprint density at radius 1 is 1.53 bits per heavy atom. The molecule has 1 aliphatic rings. The van der Waals surface area contributed by atoms with E-state index >= 15 is 0 Å². The van der Waals surface area contributed by atoms with E-state index < -0.39 is 10.0 Å². The molecule has 0 saturated carbocycles. The van der Waals surface area contributed by atoms with E-state index in [9.17, 15) is 8.42 Å². The first-order valence-electron chi connectivity index (χ1n) is 6.74. The van der Waals surface area contributed by atoms with E-state index in [1.54, 1.807) is 15.2 Å². The van der Waals surface area contributed by atoms with Gasteiger partial charge in [0, 0.05) is 25.3 Å². The SMILES string of the molecule is CNCCCn1cc(S(=O)(=O)N2CCCC2C)cn1. The summed E-state index contributed by atoms with van der Waals surface area (Å²) in [6, 6.07) is 0.0950. The van der Waals surface area contributed by atoms with E-state index in [4.69, 9.17) is 0 Å². The number of hydrogen-bond donors (Lipinski definition) is 1. The zero-order chi connectivity index (χ0) is 13.9. The van der Waals surface area contributed by atoms with Gasteiger partial charge >= 0.3 is 0 Å². The smallest absolute Gasteiger partial charge is 0.246 e. The first-order chi connectivity index (χ1) is 9.05. The van der Waals surface area contributed by atoms with Crippen LogP contribution in [0.1, 0.15) is 26.2 Å². The molecule has 1 unspecified atom stereocenters. The fourth-order valence-corrected chi connectivity index (χ4v) is 4.07. The molecule has 1 aromatic heterocycles. The van der Waals surface area contributed by atoms with Crippen LogP contribution in [0.25, 0.3) is 0 Å². The first kappa shape index (κ1) is 14.5. The molecule has 1 atom stereocenters. The molecule has 0 amide bonds. The van der Waals surface area contributed by atoms with Crippen molar-refractivity contribution in [3.63, 3.8) is 0 Å². The molecule has 1 aromatic rings. The predicted molar refractivity (Wildman–Crippen MR) is 73.4 cm³/mol. The first-order valence-corrected chi connectivity index (χ1v) is 8.18. The fraction of sp³-hybridized carbons (Fsp3) is 0.750. The van der Waals surface area contributed by atoms with Gasteiger partial charge in [-0.3, -0.25) is 4.68 Å². The zero-order valence-electron chi connectivity index (χ0n) is 11.5. The van der Waals surface area contributed by atoms with Crippen molar-refractivity contribution in [2.75, 3.05) is 20.1 Å². The molecule has 19 heavy (non-hydrogen) atoms. The topological polar surface area (TPSA) is 67.2 Å².